The average molecular weight is 737 g/mol. The Morgan fingerprint density at radius 1 is 0.431 bits per heavy atom. The summed E-state index contributed by atoms with van der Waals surface area (Å²) >= 11 is 0. The maximum absolute atomic E-state index is 13.1. The fraction of sp³-hybridized carbons (Fsp3) is 0.415. The third kappa shape index (κ3) is 12.0. The quantitative estimate of drug-likeness (QED) is 0.0735. The van der Waals surface area contributed by atoms with Crippen LogP contribution in [-0.4, -0.2) is 42.3 Å². The lowest BCUT2D eigenvalue weighted by molar-refractivity contribution is 0.209. The van der Waals surface area contributed by atoms with Gasteiger partial charge in [-0.3, -0.25) is 0 Å². The summed E-state index contributed by atoms with van der Waals surface area (Å²) in [7, 11) is -7.28. The van der Waals surface area contributed by atoms with Gasteiger partial charge in [0.15, 0.2) is 0 Å². The standard InChI is InChI=1S/C41H52O8S2/c1-5-12-32(3)48-36-18-26-40(27-19-36)50(42,43)38-22-14-34(15-23-38)46-30-10-8-7-9-11-31-47-35-16-24-39(25-17-35)51(44,45)41-28-20-37(21-29-41)49-33(4)13-6-2/h14-29,32-33H,5-13,30-31H2,1-4H3. The van der Waals surface area contributed by atoms with Gasteiger partial charge in [-0.15, -0.1) is 0 Å². The molecule has 2 unspecified atom stereocenters. The lowest BCUT2D eigenvalue weighted by atomic mass is 10.1. The van der Waals surface area contributed by atoms with Gasteiger partial charge < -0.3 is 18.9 Å². The molecule has 0 bridgehead atoms. The summed E-state index contributed by atoms with van der Waals surface area (Å²) in [6, 6.07) is 26.2. The molecule has 4 rings (SSSR count). The fourth-order valence-corrected chi connectivity index (χ4v) is 8.13. The van der Waals surface area contributed by atoms with Crippen LogP contribution in [0.15, 0.2) is 117 Å². The monoisotopic (exact) mass is 736 g/mol. The highest BCUT2D eigenvalue weighted by Crippen LogP contribution is 2.27. The molecule has 0 aliphatic carbocycles. The molecule has 0 spiro atoms. The van der Waals surface area contributed by atoms with Gasteiger partial charge in [-0.2, -0.15) is 0 Å². The van der Waals surface area contributed by atoms with Gasteiger partial charge in [0, 0.05) is 0 Å². The van der Waals surface area contributed by atoms with Crippen LogP contribution in [0.2, 0.25) is 0 Å². The second-order valence-corrected chi connectivity index (χ2v) is 16.7. The average Bonchev–Trinajstić information content (AvgIpc) is 3.12. The molecule has 0 heterocycles. The van der Waals surface area contributed by atoms with Crippen molar-refractivity contribution in [2.75, 3.05) is 13.2 Å². The number of benzene rings is 4. The Morgan fingerprint density at radius 3 is 1.00 bits per heavy atom. The molecule has 0 aliphatic rings. The smallest absolute Gasteiger partial charge is 0.206 e. The molecule has 0 saturated carbocycles. The van der Waals surface area contributed by atoms with Crippen LogP contribution in [0.3, 0.4) is 0 Å². The third-order valence-corrected chi connectivity index (χ3v) is 12.0. The SMILES string of the molecule is CCCC(C)Oc1ccc(S(=O)(=O)c2ccc(OCCCCCCCOc3ccc(S(=O)(=O)c4ccc(OC(C)CCC)cc4)cc3)cc2)cc1. The number of hydrogen-bond acceptors (Lipinski definition) is 8. The van der Waals surface area contributed by atoms with Gasteiger partial charge in [0.2, 0.25) is 19.7 Å². The molecule has 0 aliphatic heterocycles. The van der Waals surface area contributed by atoms with Crippen molar-refractivity contribution in [2.24, 2.45) is 0 Å². The van der Waals surface area contributed by atoms with Gasteiger partial charge in [0.1, 0.15) is 23.0 Å². The van der Waals surface area contributed by atoms with Gasteiger partial charge >= 0.3 is 0 Å². The molecular formula is C41H52O8S2. The van der Waals surface area contributed by atoms with E-state index >= 15 is 0 Å². The van der Waals surface area contributed by atoms with Crippen molar-refractivity contribution in [3.05, 3.63) is 97.1 Å². The van der Waals surface area contributed by atoms with Crippen molar-refractivity contribution in [1.82, 2.24) is 0 Å². The first-order chi connectivity index (χ1) is 24.5. The van der Waals surface area contributed by atoms with Crippen molar-refractivity contribution >= 4 is 19.7 Å². The summed E-state index contributed by atoms with van der Waals surface area (Å²) in [6.45, 7) is 9.30. The van der Waals surface area contributed by atoms with Crippen molar-refractivity contribution in [3.63, 3.8) is 0 Å². The molecule has 8 nitrogen and oxygen atoms in total. The molecule has 0 N–H and O–H groups in total. The number of hydrogen-bond donors (Lipinski definition) is 0. The van der Waals surface area contributed by atoms with Gasteiger partial charge in [0.25, 0.3) is 0 Å². The van der Waals surface area contributed by atoms with E-state index in [0.29, 0.717) is 36.2 Å². The number of unbranched alkanes of at least 4 members (excludes halogenated alkanes) is 4. The Bertz CT molecular complexity index is 1680. The van der Waals surface area contributed by atoms with E-state index in [9.17, 15) is 16.8 Å². The minimum atomic E-state index is -3.64. The van der Waals surface area contributed by atoms with E-state index < -0.39 is 19.7 Å². The molecular weight excluding hydrogens is 685 g/mol. The Labute approximate surface area is 305 Å². The Hall–Kier alpha value is -4.02. The minimum Gasteiger partial charge on any atom is -0.494 e. The molecule has 0 saturated heterocycles. The highest BCUT2D eigenvalue weighted by molar-refractivity contribution is 7.91. The molecule has 276 valence electrons. The lowest BCUT2D eigenvalue weighted by Gasteiger charge is -2.14. The minimum absolute atomic E-state index is 0.0775. The van der Waals surface area contributed by atoms with Crippen LogP contribution in [0.25, 0.3) is 0 Å². The molecule has 10 heteroatoms. The molecule has 0 fully saturated rings. The molecule has 4 aromatic carbocycles. The van der Waals surface area contributed by atoms with E-state index in [1.54, 1.807) is 97.1 Å². The van der Waals surface area contributed by atoms with Crippen LogP contribution < -0.4 is 18.9 Å². The van der Waals surface area contributed by atoms with E-state index in [1.807, 2.05) is 13.8 Å². The zero-order valence-electron chi connectivity index (χ0n) is 30.3. The molecule has 0 radical (unpaired) electrons. The van der Waals surface area contributed by atoms with E-state index in [0.717, 1.165) is 57.8 Å². The van der Waals surface area contributed by atoms with Crippen molar-refractivity contribution in [3.8, 4) is 23.0 Å². The predicted molar refractivity (Wildman–Crippen MR) is 201 cm³/mol. The number of sulfone groups is 2. The summed E-state index contributed by atoms with van der Waals surface area (Å²) in [5.74, 6) is 2.59. The normalized spacial score (nSPS) is 12.9. The Balaban J connectivity index is 1.11. The summed E-state index contributed by atoms with van der Waals surface area (Å²) in [5, 5.41) is 0. The molecule has 51 heavy (non-hydrogen) atoms. The highest BCUT2D eigenvalue weighted by atomic mass is 32.2. The van der Waals surface area contributed by atoms with Crippen LogP contribution in [0.5, 0.6) is 23.0 Å². The second kappa shape index (κ2) is 19.6. The Kier molecular flexibility index (Phi) is 15.2. The summed E-state index contributed by atoms with van der Waals surface area (Å²) in [4.78, 5) is 0.884. The van der Waals surface area contributed by atoms with Crippen LogP contribution in [0.4, 0.5) is 0 Å². The molecule has 4 aromatic rings. The fourth-order valence-electron chi connectivity index (χ4n) is 5.61. The van der Waals surface area contributed by atoms with Gasteiger partial charge in [-0.05, 0) is 137 Å². The lowest BCUT2D eigenvalue weighted by Crippen LogP contribution is -2.11. The van der Waals surface area contributed by atoms with E-state index in [4.69, 9.17) is 18.9 Å². The highest BCUT2D eigenvalue weighted by Gasteiger charge is 2.19. The van der Waals surface area contributed by atoms with Crippen LogP contribution >= 0.6 is 0 Å². The maximum Gasteiger partial charge on any atom is 0.206 e. The predicted octanol–water partition coefficient (Wildman–Crippen LogP) is 9.90. The van der Waals surface area contributed by atoms with Crippen LogP contribution in [0, 0.1) is 0 Å². The number of ether oxygens (including phenoxy) is 4. The van der Waals surface area contributed by atoms with Gasteiger partial charge in [0.05, 0.1) is 45.0 Å². The second-order valence-electron chi connectivity index (χ2n) is 12.8. The van der Waals surface area contributed by atoms with Crippen molar-refractivity contribution in [2.45, 2.75) is 117 Å². The zero-order chi connectivity index (χ0) is 36.7. The largest absolute Gasteiger partial charge is 0.494 e. The Morgan fingerprint density at radius 2 is 0.706 bits per heavy atom. The van der Waals surface area contributed by atoms with Crippen LogP contribution in [0.1, 0.15) is 85.5 Å². The first-order valence-corrected chi connectivity index (χ1v) is 21.0. The topological polar surface area (TPSA) is 105 Å². The first-order valence-electron chi connectivity index (χ1n) is 18.0. The maximum atomic E-state index is 13.1. The molecule has 2 atom stereocenters. The summed E-state index contributed by atoms with van der Waals surface area (Å²) in [5.41, 5.74) is 0. The molecule has 0 aromatic heterocycles. The molecule has 0 amide bonds. The third-order valence-electron chi connectivity index (χ3n) is 8.43. The van der Waals surface area contributed by atoms with E-state index in [1.165, 1.54) is 0 Å². The van der Waals surface area contributed by atoms with Gasteiger partial charge in [-0.25, -0.2) is 16.8 Å². The summed E-state index contributed by atoms with van der Waals surface area (Å²) in [6.07, 6.45) is 8.88. The van der Waals surface area contributed by atoms with Crippen molar-refractivity contribution < 1.29 is 35.8 Å². The van der Waals surface area contributed by atoms with Crippen molar-refractivity contribution in [1.29, 1.82) is 0 Å². The van der Waals surface area contributed by atoms with E-state index in [-0.39, 0.29) is 31.8 Å². The van der Waals surface area contributed by atoms with Crippen LogP contribution in [-0.2, 0) is 19.7 Å². The van der Waals surface area contributed by atoms with Gasteiger partial charge in [-0.1, -0.05) is 46.0 Å². The number of rotatable bonds is 22. The summed E-state index contributed by atoms with van der Waals surface area (Å²) < 4.78 is 75.8. The first kappa shape index (κ1) is 39.8. The van der Waals surface area contributed by atoms with E-state index in [2.05, 4.69) is 13.8 Å². The zero-order valence-corrected chi connectivity index (χ0v) is 31.9.